The van der Waals surface area contributed by atoms with Gasteiger partial charge >= 0.3 is 0 Å². The highest BCUT2D eigenvalue weighted by molar-refractivity contribution is 5.91. The number of nitriles is 1. The highest BCUT2D eigenvalue weighted by Gasteiger charge is 2.22. The summed E-state index contributed by atoms with van der Waals surface area (Å²) in [5, 5.41) is 21.5. The molecular formula is C19H20N2O4. The van der Waals surface area contributed by atoms with Crippen LogP contribution in [0, 0.1) is 11.3 Å². The lowest BCUT2D eigenvalue weighted by Crippen LogP contribution is -2.38. The Hall–Kier alpha value is -2.78. The first-order valence-electron chi connectivity index (χ1n) is 8.35. The molecule has 1 heterocycles. The zero-order chi connectivity index (χ0) is 17.6. The molecule has 1 aromatic carbocycles. The first-order chi connectivity index (χ1) is 12.2. The van der Waals surface area contributed by atoms with Gasteiger partial charge in [-0.15, -0.1) is 0 Å². The molecule has 0 atom stereocenters. The molecular weight excluding hydrogens is 320 g/mol. The monoisotopic (exact) mass is 340 g/mol. The molecule has 2 N–H and O–H groups in total. The van der Waals surface area contributed by atoms with E-state index in [1.807, 2.05) is 0 Å². The van der Waals surface area contributed by atoms with Crippen molar-refractivity contribution in [3.05, 3.63) is 53.5 Å². The SMILES string of the molecule is N#Cc1ccccc1OCc1ccc(C(=O)NC2CCC(O)CC2)o1. The maximum atomic E-state index is 12.2. The molecule has 6 nitrogen and oxygen atoms in total. The van der Waals surface area contributed by atoms with E-state index in [-0.39, 0.29) is 30.4 Å². The summed E-state index contributed by atoms with van der Waals surface area (Å²) in [5.74, 6) is 0.966. The summed E-state index contributed by atoms with van der Waals surface area (Å²) in [6.45, 7) is 0.140. The minimum absolute atomic E-state index is 0.0724. The van der Waals surface area contributed by atoms with Crippen LogP contribution in [0.25, 0.3) is 0 Å². The fourth-order valence-electron chi connectivity index (χ4n) is 2.89. The summed E-state index contributed by atoms with van der Waals surface area (Å²) in [5.41, 5.74) is 0.450. The molecule has 0 unspecified atom stereocenters. The smallest absolute Gasteiger partial charge is 0.287 e. The summed E-state index contributed by atoms with van der Waals surface area (Å²) in [6.07, 6.45) is 2.71. The van der Waals surface area contributed by atoms with E-state index in [4.69, 9.17) is 14.4 Å². The van der Waals surface area contributed by atoms with E-state index < -0.39 is 0 Å². The molecule has 1 aliphatic carbocycles. The predicted octanol–water partition coefficient (Wildman–Crippen LogP) is 2.76. The van der Waals surface area contributed by atoms with Gasteiger partial charge in [0.2, 0.25) is 0 Å². The van der Waals surface area contributed by atoms with Gasteiger partial charge < -0.3 is 19.6 Å². The quantitative estimate of drug-likeness (QED) is 0.872. The maximum Gasteiger partial charge on any atom is 0.287 e. The van der Waals surface area contributed by atoms with Gasteiger partial charge in [0.15, 0.2) is 5.76 Å². The van der Waals surface area contributed by atoms with Crippen molar-refractivity contribution in [3.63, 3.8) is 0 Å². The molecule has 0 radical (unpaired) electrons. The normalized spacial score (nSPS) is 19.8. The zero-order valence-corrected chi connectivity index (χ0v) is 13.8. The number of para-hydroxylation sites is 1. The van der Waals surface area contributed by atoms with Crippen LogP contribution >= 0.6 is 0 Å². The van der Waals surface area contributed by atoms with Crippen LogP contribution in [0.5, 0.6) is 5.75 Å². The van der Waals surface area contributed by atoms with Crippen LogP contribution in [0.4, 0.5) is 0 Å². The van der Waals surface area contributed by atoms with Crippen LogP contribution in [0.2, 0.25) is 0 Å². The number of carbonyl (C=O) groups is 1. The first-order valence-corrected chi connectivity index (χ1v) is 8.35. The molecule has 25 heavy (non-hydrogen) atoms. The Bertz CT molecular complexity index is 770. The number of nitrogens with zero attached hydrogens (tertiary/aromatic N) is 1. The Labute approximate surface area is 146 Å². The number of hydrogen-bond donors (Lipinski definition) is 2. The highest BCUT2D eigenvalue weighted by Crippen LogP contribution is 2.20. The molecule has 1 fully saturated rings. The van der Waals surface area contributed by atoms with Crippen LogP contribution in [-0.2, 0) is 6.61 Å². The lowest BCUT2D eigenvalue weighted by Gasteiger charge is -2.25. The largest absolute Gasteiger partial charge is 0.484 e. The van der Waals surface area contributed by atoms with Gasteiger partial charge in [0, 0.05) is 6.04 Å². The Morgan fingerprint density at radius 2 is 2.00 bits per heavy atom. The van der Waals surface area contributed by atoms with Gasteiger partial charge in [-0.25, -0.2) is 0 Å². The number of benzene rings is 1. The van der Waals surface area contributed by atoms with E-state index in [1.165, 1.54) is 0 Å². The summed E-state index contributed by atoms with van der Waals surface area (Å²) >= 11 is 0. The molecule has 1 amide bonds. The van der Waals surface area contributed by atoms with Gasteiger partial charge in [-0.3, -0.25) is 4.79 Å². The van der Waals surface area contributed by atoms with Crippen molar-refractivity contribution in [2.45, 2.75) is 44.4 Å². The van der Waals surface area contributed by atoms with Crippen molar-refractivity contribution in [2.75, 3.05) is 0 Å². The molecule has 1 aliphatic rings. The Morgan fingerprint density at radius 3 is 2.76 bits per heavy atom. The van der Waals surface area contributed by atoms with Crippen LogP contribution in [0.3, 0.4) is 0 Å². The number of hydrogen-bond acceptors (Lipinski definition) is 5. The van der Waals surface area contributed by atoms with Gasteiger partial charge in [-0.2, -0.15) is 5.26 Å². The van der Waals surface area contributed by atoms with E-state index in [2.05, 4.69) is 11.4 Å². The molecule has 1 aromatic heterocycles. The highest BCUT2D eigenvalue weighted by atomic mass is 16.5. The Kier molecular flexibility index (Phi) is 5.36. The van der Waals surface area contributed by atoms with E-state index in [1.54, 1.807) is 36.4 Å². The fraction of sp³-hybridized carbons (Fsp3) is 0.368. The third-order valence-corrected chi connectivity index (χ3v) is 4.29. The van der Waals surface area contributed by atoms with Crippen molar-refractivity contribution in [1.82, 2.24) is 5.32 Å². The van der Waals surface area contributed by atoms with E-state index in [0.717, 1.165) is 12.8 Å². The lowest BCUT2D eigenvalue weighted by molar-refractivity contribution is 0.0839. The van der Waals surface area contributed by atoms with E-state index in [9.17, 15) is 9.90 Å². The summed E-state index contributed by atoms with van der Waals surface area (Å²) in [6, 6.07) is 12.4. The Morgan fingerprint density at radius 1 is 1.24 bits per heavy atom. The second-order valence-electron chi connectivity index (χ2n) is 6.14. The van der Waals surface area contributed by atoms with Gasteiger partial charge in [0.1, 0.15) is 24.2 Å². The number of rotatable bonds is 5. The van der Waals surface area contributed by atoms with Crippen LogP contribution in [0.1, 0.15) is 47.6 Å². The fourth-order valence-corrected chi connectivity index (χ4v) is 2.89. The molecule has 0 spiro atoms. The average Bonchev–Trinajstić information content (AvgIpc) is 3.11. The predicted molar refractivity (Wildman–Crippen MR) is 89.9 cm³/mol. The van der Waals surface area contributed by atoms with Crippen molar-refractivity contribution in [3.8, 4) is 11.8 Å². The number of aliphatic hydroxyl groups excluding tert-OH is 1. The first kappa shape index (κ1) is 17.1. The third kappa shape index (κ3) is 4.40. The molecule has 0 bridgehead atoms. The second-order valence-corrected chi connectivity index (χ2v) is 6.14. The molecule has 0 aliphatic heterocycles. The van der Waals surface area contributed by atoms with Crippen LogP contribution < -0.4 is 10.1 Å². The lowest BCUT2D eigenvalue weighted by atomic mass is 9.93. The summed E-state index contributed by atoms with van der Waals surface area (Å²) in [4.78, 5) is 12.2. The number of nitrogens with one attached hydrogen (secondary N) is 1. The molecule has 130 valence electrons. The van der Waals surface area contributed by atoms with E-state index >= 15 is 0 Å². The van der Waals surface area contributed by atoms with Gasteiger partial charge in [-0.1, -0.05) is 12.1 Å². The molecule has 0 saturated heterocycles. The third-order valence-electron chi connectivity index (χ3n) is 4.29. The minimum atomic E-state index is -0.259. The number of aliphatic hydroxyl groups is 1. The van der Waals surface area contributed by atoms with Crippen LogP contribution in [0.15, 0.2) is 40.8 Å². The average molecular weight is 340 g/mol. The number of carbonyl (C=O) groups excluding carboxylic acids is 1. The van der Waals surface area contributed by atoms with Gasteiger partial charge in [0.25, 0.3) is 5.91 Å². The minimum Gasteiger partial charge on any atom is -0.484 e. The van der Waals surface area contributed by atoms with E-state index in [0.29, 0.717) is 29.9 Å². The number of amides is 1. The Balaban J connectivity index is 1.55. The maximum absolute atomic E-state index is 12.2. The van der Waals surface area contributed by atoms with Crippen molar-refractivity contribution in [1.29, 1.82) is 5.26 Å². The van der Waals surface area contributed by atoms with Gasteiger partial charge in [0.05, 0.1) is 11.7 Å². The second kappa shape index (κ2) is 7.86. The molecule has 6 heteroatoms. The van der Waals surface area contributed by atoms with Crippen molar-refractivity contribution < 1.29 is 19.1 Å². The summed E-state index contributed by atoms with van der Waals surface area (Å²) in [7, 11) is 0. The number of furan rings is 1. The zero-order valence-electron chi connectivity index (χ0n) is 13.8. The number of ether oxygens (including phenoxy) is 1. The van der Waals surface area contributed by atoms with Gasteiger partial charge in [-0.05, 0) is 49.9 Å². The van der Waals surface area contributed by atoms with Crippen LogP contribution in [-0.4, -0.2) is 23.2 Å². The molecule has 3 rings (SSSR count). The molecule has 1 saturated carbocycles. The standard InChI is InChI=1S/C19H20N2O4/c20-11-13-3-1-2-4-17(13)24-12-16-9-10-18(25-16)19(23)21-14-5-7-15(22)8-6-14/h1-4,9-10,14-15,22H,5-8,12H2,(H,21,23). The van der Waals surface area contributed by atoms with Crippen molar-refractivity contribution in [2.24, 2.45) is 0 Å². The topological polar surface area (TPSA) is 95.5 Å². The van der Waals surface area contributed by atoms with Crippen molar-refractivity contribution >= 4 is 5.91 Å². The molecule has 2 aromatic rings. The summed E-state index contributed by atoms with van der Waals surface area (Å²) < 4.78 is 11.1.